The van der Waals surface area contributed by atoms with Crippen molar-refractivity contribution in [3.8, 4) is 0 Å². The van der Waals surface area contributed by atoms with Crippen LogP contribution >= 0.6 is 0 Å². The summed E-state index contributed by atoms with van der Waals surface area (Å²) in [6.45, 7) is 4.46. The third-order valence-corrected chi connectivity index (χ3v) is 4.11. The molecule has 0 heterocycles. The van der Waals surface area contributed by atoms with Crippen LogP contribution in [0.2, 0.25) is 0 Å². The molecule has 0 aliphatic rings. The van der Waals surface area contributed by atoms with Crippen molar-refractivity contribution in [2.75, 3.05) is 6.61 Å². The van der Waals surface area contributed by atoms with E-state index in [1.807, 2.05) is 0 Å². The van der Waals surface area contributed by atoms with Crippen LogP contribution in [0.15, 0.2) is 0 Å². The van der Waals surface area contributed by atoms with Gasteiger partial charge >= 0.3 is 35.5 Å². The molecule has 3 nitrogen and oxygen atoms in total. The average Bonchev–Trinajstić information content (AvgIpc) is 2.50. The molecule has 0 fully saturated rings. The second-order valence-corrected chi connectivity index (χ2v) is 6.55. The van der Waals surface area contributed by atoms with Crippen LogP contribution in [0.1, 0.15) is 104 Å². The molecule has 0 radical (unpaired) electrons. The number of nitrogens with two attached hydrogens (primary N) is 1. The maximum absolute atomic E-state index is 11.1. The van der Waals surface area contributed by atoms with Gasteiger partial charge in [0.15, 0.2) is 0 Å². The standard InChI is InChI=1S/C19H39NO2.Na.H/c1-3-4-5-6-7-8-9-10-11-12-13-14-15-16-17-22-19(21)18(2)20;;/h18H,3-17,20H2,1-2H3;;/t18-;;/m0../s1. The van der Waals surface area contributed by atoms with Gasteiger partial charge in [0.2, 0.25) is 0 Å². The molecule has 0 aromatic carbocycles. The first-order valence-electron chi connectivity index (χ1n) is 9.60. The summed E-state index contributed by atoms with van der Waals surface area (Å²) in [6.07, 6.45) is 18.7. The van der Waals surface area contributed by atoms with E-state index in [0.717, 1.165) is 12.8 Å². The van der Waals surface area contributed by atoms with Crippen molar-refractivity contribution in [3.05, 3.63) is 0 Å². The first-order valence-corrected chi connectivity index (χ1v) is 9.60. The molecule has 0 aliphatic heterocycles. The molecule has 0 rings (SSSR count). The van der Waals surface area contributed by atoms with E-state index in [0.29, 0.717) is 6.61 Å². The van der Waals surface area contributed by atoms with E-state index in [4.69, 9.17) is 10.5 Å². The molecule has 0 aliphatic carbocycles. The van der Waals surface area contributed by atoms with Gasteiger partial charge in [0.25, 0.3) is 0 Å². The molecule has 23 heavy (non-hydrogen) atoms. The van der Waals surface area contributed by atoms with Crippen LogP contribution in [0.25, 0.3) is 0 Å². The number of carbonyl (C=O) groups is 1. The van der Waals surface area contributed by atoms with Crippen LogP contribution < -0.4 is 5.73 Å². The number of esters is 1. The summed E-state index contributed by atoms with van der Waals surface area (Å²) in [5, 5.41) is 0. The minimum absolute atomic E-state index is 0. The Labute approximate surface area is 166 Å². The summed E-state index contributed by atoms with van der Waals surface area (Å²) in [5.41, 5.74) is 5.42. The van der Waals surface area contributed by atoms with Crippen molar-refractivity contribution in [1.82, 2.24) is 0 Å². The Hall–Kier alpha value is 0.430. The molecule has 2 N–H and O–H groups in total. The molecule has 0 aromatic rings. The van der Waals surface area contributed by atoms with Crippen LogP contribution in [0, 0.1) is 0 Å². The topological polar surface area (TPSA) is 52.3 Å². The first-order chi connectivity index (χ1) is 10.7. The molecule has 0 spiro atoms. The Bertz CT molecular complexity index is 248. The molecule has 134 valence electrons. The molecule has 0 saturated carbocycles. The number of unbranched alkanes of at least 4 members (excludes halogenated alkanes) is 13. The Morgan fingerprint density at radius 1 is 0.783 bits per heavy atom. The second kappa shape index (κ2) is 20.5. The molecule has 4 heteroatoms. The zero-order valence-electron chi connectivity index (χ0n) is 15.1. The molecule has 0 saturated heterocycles. The number of hydrogen-bond donors (Lipinski definition) is 1. The Morgan fingerprint density at radius 3 is 1.48 bits per heavy atom. The molecule has 0 unspecified atom stereocenters. The first kappa shape index (κ1) is 25.7. The van der Waals surface area contributed by atoms with E-state index >= 15 is 0 Å². The fourth-order valence-electron chi connectivity index (χ4n) is 2.60. The number of hydrogen-bond acceptors (Lipinski definition) is 3. The minimum atomic E-state index is -0.494. The number of carbonyl (C=O) groups excluding carboxylic acids is 1. The summed E-state index contributed by atoms with van der Waals surface area (Å²) in [5.74, 6) is -0.283. The fraction of sp³-hybridized carbons (Fsp3) is 0.947. The van der Waals surface area contributed by atoms with Crippen LogP contribution in [0.5, 0.6) is 0 Å². The number of ether oxygens (including phenoxy) is 1. The van der Waals surface area contributed by atoms with Gasteiger partial charge in [0, 0.05) is 0 Å². The van der Waals surface area contributed by atoms with Gasteiger partial charge in [0.1, 0.15) is 6.04 Å². The SMILES string of the molecule is CCCCCCCCCCCCCCCCOC(=O)[C@H](C)N.[NaH]. The van der Waals surface area contributed by atoms with Gasteiger partial charge in [-0.3, -0.25) is 4.79 Å². The monoisotopic (exact) mass is 337 g/mol. The van der Waals surface area contributed by atoms with Crippen molar-refractivity contribution in [2.45, 2.75) is 110 Å². The summed E-state index contributed by atoms with van der Waals surface area (Å²) in [4.78, 5) is 11.1. The second-order valence-electron chi connectivity index (χ2n) is 6.55. The summed E-state index contributed by atoms with van der Waals surface area (Å²) >= 11 is 0. The van der Waals surface area contributed by atoms with E-state index in [2.05, 4.69) is 6.92 Å². The molecular weight excluding hydrogens is 297 g/mol. The predicted molar refractivity (Wildman–Crippen MR) is 102 cm³/mol. The molecule has 0 aromatic heterocycles. The van der Waals surface area contributed by atoms with Gasteiger partial charge < -0.3 is 10.5 Å². The molecule has 1 atom stereocenters. The van der Waals surface area contributed by atoms with Gasteiger partial charge in [-0.05, 0) is 13.3 Å². The zero-order valence-corrected chi connectivity index (χ0v) is 15.1. The maximum atomic E-state index is 11.1. The van der Waals surface area contributed by atoms with Crippen LogP contribution in [-0.2, 0) is 9.53 Å². The Morgan fingerprint density at radius 2 is 1.13 bits per heavy atom. The van der Waals surface area contributed by atoms with Gasteiger partial charge in [-0.25, -0.2) is 0 Å². The van der Waals surface area contributed by atoms with E-state index < -0.39 is 6.04 Å². The summed E-state index contributed by atoms with van der Waals surface area (Å²) < 4.78 is 5.05. The van der Waals surface area contributed by atoms with Crippen molar-refractivity contribution < 1.29 is 9.53 Å². The fourth-order valence-corrected chi connectivity index (χ4v) is 2.60. The Balaban J connectivity index is 0. The summed E-state index contributed by atoms with van der Waals surface area (Å²) in [7, 11) is 0. The van der Waals surface area contributed by atoms with Crippen LogP contribution in [0.4, 0.5) is 0 Å². The van der Waals surface area contributed by atoms with E-state index in [1.165, 1.54) is 77.0 Å². The average molecular weight is 338 g/mol. The quantitative estimate of drug-likeness (QED) is 0.252. The van der Waals surface area contributed by atoms with Crippen molar-refractivity contribution in [3.63, 3.8) is 0 Å². The van der Waals surface area contributed by atoms with Crippen molar-refractivity contribution >= 4 is 35.5 Å². The zero-order chi connectivity index (χ0) is 16.5. The van der Waals surface area contributed by atoms with E-state index in [-0.39, 0.29) is 35.5 Å². The van der Waals surface area contributed by atoms with Crippen LogP contribution in [-0.4, -0.2) is 48.2 Å². The van der Waals surface area contributed by atoms with Gasteiger partial charge in [-0.15, -0.1) is 0 Å². The number of rotatable bonds is 16. The third kappa shape index (κ3) is 20.4. The summed E-state index contributed by atoms with van der Waals surface area (Å²) in [6, 6.07) is -0.494. The molecule has 0 bridgehead atoms. The predicted octanol–water partition coefficient (Wildman–Crippen LogP) is 4.71. The van der Waals surface area contributed by atoms with Crippen molar-refractivity contribution in [1.29, 1.82) is 0 Å². The van der Waals surface area contributed by atoms with Gasteiger partial charge in [-0.2, -0.15) is 0 Å². The third-order valence-electron chi connectivity index (χ3n) is 4.11. The van der Waals surface area contributed by atoms with E-state index in [9.17, 15) is 4.79 Å². The molecule has 0 amide bonds. The van der Waals surface area contributed by atoms with E-state index in [1.54, 1.807) is 6.92 Å². The van der Waals surface area contributed by atoms with Crippen molar-refractivity contribution in [2.24, 2.45) is 5.73 Å². The van der Waals surface area contributed by atoms with Gasteiger partial charge in [0.05, 0.1) is 6.61 Å². The van der Waals surface area contributed by atoms with Crippen LogP contribution in [0.3, 0.4) is 0 Å². The Kier molecular flexibility index (Phi) is 22.8. The molecular formula is C19H40NNaO2. The van der Waals surface area contributed by atoms with Gasteiger partial charge in [-0.1, -0.05) is 90.4 Å². The normalized spacial score (nSPS) is 11.8.